The second-order valence-corrected chi connectivity index (χ2v) is 7.64. The second kappa shape index (κ2) is 6.97. The van der Waals surface area contributed by atoms with Crippen LogP contribution in [0.5, 0.6) is 0 Å². The van der Waals surface area contributed by atoms with Crippen LogP contribution in [0.4, 0.5) is 0 Å². The zero-order valence-corrected chi connectivity index (χ0v) is 13.9. The fourth-order valence-electron chi connectivity index (χ4n) is 4.92. The van der Waals surface area contributed by atoms with Gasteiger partial charge in [-0.2, -0.15) is 0 Å². The van der Waals surface area contributed by atoms with E-state index in [9.17, 15) is 0 Å². The summed E-state index contributed by atoms with van der Waals surface area (Å²) in [5.41, 5.74) is 0.0525. The predicted molar refractivity (Wildman–Crippen MR) is 85.4 cm³/mol. The maximum atomic E-state index is 6.15. The molecular formula is C18H33NO2. The molecule has 3 fully saturated rings. The van der Waals surface area contributed by atoms with E-state index < -0.39 is 0 Å². The molecule has 2 aliphatic heterocycles. The highest BCUT2D eigenvalue weighted by atomic mass is 16.6. The Balaban J connectivity index is 1.69. The number of hydrogen-bond donors (Lipinski definition) is 1. The monoisotopic (exact) mass is 295 g/mol. The maximum Gasteiger partial charge on any atom is 0.0939 e. The standard InChI is InChI=1S/C18H33NO2/c1-3-9-19-17(16-6-4-5-14(16)2)15-7-10-21-18(12-15)8-11-20-13-18/h14-17,19H,3-13H2,1-2H3. The summed E-state index contributed by atoms with van der Waals surface area (Å²) in [5.74, 6) is 2.54. The molecule has 3 rings (SSSR count). The van der Waals surface area contributed by atoms with Gasteiger partial charge in [0, 0.05) is 25.7 Å². The quantitative estimate of drug-likeness (QED) is 0.843. The van der Waals surface area contributed by atoms with Crippen LogP contribution in [0, 0.1) is 17.8 Å². The molecule has 5 atom stereocenters. The fraction of sp³-hybridized carbons (Fsp3) is 1.00. The minimum Gasteiger partial charge on any atom is -0.378 e. The van der Waals surface area contributed by atoms with Gasteiger partial charge in [-0.3, -0.25) is 0 Å². The van der Waals surface area contributed by atoms with Crippen LogP contribution in [-0.4, -0.2) is 38.0 Å². The minimum absolute atomic E-state index is 0.0525. The maximum absolute atomic E-state index is 6.15. The second-order valence-electron chi connectivity index (χ2n) is 7.64. The summed E-state index contributed by atoms with van der Waals surface area (Å²) in [6.07, 6.45) is 9.03. The summed E-state index contributed by atoms with van der Waals surface area (Å²) >= 11 is 0. The van der Waals surface area contributed by atoms with Crippen molar-refractivity contribution in [3.8, 4) is 0 Å². The van der Waals surface area contributed by atoms with Gasteiger partial charge in [0.2, 0.25) is 0 Å². The van der Waals surface area contributed by atoms with Gasteiger partial charge >= 0.3 is 0 Å². The van der Waals surface area contributed by atoms with Crippen LogP contribution in [0.3, 0.4) is 0 Å². The van der Waals surface area contributed by atoms with Crippen molar-refractivity contribution in [1.29, 1.82) is 0 Å². The van der Waals surface area contributed by atoms with Gasteiger partial charge in [0.25, 0.3) is 0 Å². The average Bonchev–Trinajstić information content (AvgIpc) is 3.10. The molecule has 3 nitrogen and oxygen atoms in total. The third-order valence-electron chi connectivity index (χ3n) is 6.13. The Labute approximate surface area is 130 Å². The molecule has 0 aromatic rings. The van der Waals surface area contributed by atoms with Crippen molar-refractivity contribution in [3.05, 3.63) is 0 Å². The van der Waals surface area contributed by atoms with Crippen LogP contribution in [-0.2, 0) is 9.47 Å². The lowest BCUT2D eigenvalue weighted by atomic mass is 9.74. The summed E-state index contributed by atoms with van der Waals surface area (Å²) < 4.78 is 11.8. The Morgan fingerprint density at radius 1 is 1.24 bits per heavy atom. The van der Waals surface area contributed by atoms with Gasteiger partial charge in [0.05, 0.1) is 12.2 Å². The smallest absolute Gasteiger partial charge is 0.0939 e. The van der Waals surface area contributed by atoms with Gasteiger partial charge in [-0.05, 0) is 50.0 Å². The number of nitrogens with one attached hydrogen (secondary N) is 1. The van der Waals surface area contributed by atoms with E-state index in [2.05, 4.69) is 19.2 Å². The third-order valence-corrected chi connectivity index (χ3v) is 6.13. The molecule has 2 heterocycles. The van der Waals surface area contributed by atoms with Crippen molar-refractivity contribution >= 4 is 0 Å². The highest BCUT2D eigenvalue weighted by Crippen LogP contribution is 2.42. The first-order valence-electron chi connectivity index (χ1n) is 9.19. The van der Waals surface area contributed by atoms with Crippen molar-refractivity contribution in [2.75, 3.05) is 26.4 Å². The SMILES string of the molecule is CCCNC(C1CCOC2(CCOC2)C1)C1CCCC1C. The summed E-state index contributed by atoms with van der Waals surface area (Å²) in [7, 11) is 0. The first kappa shape index (κ1) is 15.8. The molecule has 0 amide bonds. The zero-order chi connectivity index (χ0) is 14.7. The van der Waals surface area contributed by atoms with E-state index in [1.807, 2.05) is 0 Å². The van der Waals surface area contributed by atoms with E-state index in [1.165, 1.54) is 38.5 Å². The van der Waals surface area contributed by atoms with E-state index in [1.54, 1.807) is 0 Å². The molecule has 122 valence electrons. The summed E-state index contributed by atoms with van der Waals surface area (Å²) in [6.45, 7) is 8.54. The Kier molecular flexibility index (Phi) is 5.23. The van der Waals surface area contributed by atoms with Gasteiger partial charge in [-0.15, -0.1) is 0 Å². The molecule has 0 radical (unpaired) electrons. The van der Waals surface area contributed by atoms with E-state index in [0.29, 0.717) is 6.04 Å². The first-order valence-corrected chi connectivity index (χ1v) is 9.19. The first-order chi connectivity index (χ1) is 10.2. The molecule has 0 aromatic carbocycles. The summed E-state index contributed by atoms with van der Waals surface area (Å²) in [6, 6.07) is 0.698. The van der Waals surface area contributed by atoms with Gasteiger partial charge in [-0.1, -0.05) is 26.7 Å². The Hall–Kier alpha value is -0.120. The number of hydrogen-bond acceptors (Lipinski definition) is 3. The molecule has 3 heteroatoms. The number of rotatable bonds is 5. The van der Waals surface area contributed by atoms with Gasteiger partial charge in [0.15, 0.2) is 0 Å². The number of ether oxygens (including phenoxy) is 2. The van der Waals surface area contributed by atoms with Crippen molar-refractivity contribution in [1.82, 2.24) is 5.32 Å². The van der Waals surface area contributed by atoms with Crippen molar-refractivity contribution in [3.63, 3.8) is 0 Å². The van der Waals surface area contributed by atoms with Crippen LogP contribution in [0.15, 0.2) is 0 Å². The summed E-state index contributed by atoms with van der Waals surface area (Å²) in [5, 5.41) is 3.92. The molecule has 1 aliphatic carbocycles. The molecule has 21 heavy (non-hydrogen) atoms. The molecule has 3 aliphatic rings. The zero-order valence-electron chi connectivity index (χ0n) is 13.9. The van der Waals surface area contributed by atoms with Gasteiger partial charge in [-0.25, -0.2) is 0 Å². The Morgan fingerprint density at radius 3 is 2.81 bits per heavy atom. The largest absolute Gasteiger partial charge is 0.378 e. The van der Waals surface area contributed by atoms with Crippen molar-refractivity contribution in [2.45, 2.75) is 70.4 Å². The van der Waals surface area contributed by atoms with E-state index in [4.69, 9.17) is 9.47 Å². The lowest BCUT2D eigenvalue weighted by molar-refractivity contribution is -0.106. The molecule has 5 unspecified atom stereocenters. The minimum atomic E-state index is 0.0525. The summed E-state index contributed by atoms with van der Waals surface area (Å²) in [4.78, 5) is 0. The van der Waals surface area contributed by atoms with E-state index >= 15 is 0 Å². The molecule has 0 aromatic heterocycles. The molecule has 2 saturated heterocycles. The van der Waals surface area contributed by atoms with Crippen LogP contribution < -0.4 is 5.32 Å². The molecule has 1 saturated carbocycles. The van der Waals surface area contributed by atoms with Crippen LogP contribution >= 0.6 is 0 Å². The lowest BCUT2D eigenvalue weighted by Crippen LogP contribution is -2.50. The van der Waals surface area contributed by atoms with E-state index in [0.717, 1.165) is 50.5 Å². The van der Waals surface area contributed by atoms with E-state index in [-0.39, 0.29) is 5.60 Å². The molecule has 1 spiro atoms. The fourth-order valence-corrected chi connectivity index (χ4v) is 4.92. The van der Waals surface area contributed by atoms with Gasteiger partial charge in [0.1, 0.15) is 0 Å². The molecule has 0 bridgehead atoms. The van der Waals surface area contributed by atoms with Crippen LogP contribution in [0.2, 0.25) is 0 Å². The van der Waals surface area contributed by atoms with Gasteiger partial charge < -0.3 is 14.8 Å². The molecule has 1 N–H and O–H groups in total. The Morgan fingerprint density at radius 2 is 2.14 bits per heavy atom. The topological polar surface area (TPSA) is 30.5 Å². The lowest BCUT2D eigenvalue weighted by Gasteiger charge is -2.43. The third kappa shape index (κ3) is 3.46. The average molecular weight is 295 g/mol. The Bertz CT molecular complexity index is 327. The molecular weight excluding hydrogens is 262 g/mol. The predicted octanol–water partition coefficient (Wildman–Crippen LogP) is 3.38. The van der Waals surface area contributed by atoms with Crippen molar-refractivity contribution < 1.29 is 9.47 Å². The normalized spacial score (nSPS) is 41.7. The highest BCUT2D eigenvalue weighted by Gasteiger charge is 2.45. The highest BCUT2D eigenvalue weighted by molar-refractivity contribution is 4.97. The van der Waals surface area contributed by atoms with Crippen LogP contribution in [0.25, 0.3) is 0 Å². The van der Waals surface area contributed by atoms with Crippen LogP contribution in [0.1, 0.15) is 58.8 Å². The van der Waals surface area contributed by atoms with Crippen molar-refractivity contribution in [2.24, 2.45) is 17.8 Å².